The van der Waals surface area contributed by atoms with Gasteiger partial charge >= 0.3 is 0 Å². The monoisotopic (exact) mass is 869 g/mol. The summed E-state index contributed by atoms with van der Waals surface area (Å²) in [6.07, 6.45) is 3.72. The van der Waals surface area contributed by atoms with E-state index in [4.69, 9.17) is 26.1 Å². The van der Waals surface area contributed by atoms with Gasteiger partial charge in [0.05, 0.1) is 35.7 Å². The smallest absolute Gasteiger partial charge is 0.264 e. The first-order valence-electron chi connectivity index (χ1n) is 20.6. The molecule has 322 valence electrons. The molecule has 0 spiro atoms. The van der Waals surface area contributed by atoms with Crippen molar-refractivity contribution >= 4 is 56.2 Å². The summed E-state index contributed by atoms with van der Waals surface area (Å²) in [5.74, 6) is -2.39. The quantitative estimate of drug-likeness (QED) is 0.142. The van der Waals surface area contributed by atoms with E-state index in [2.05, 4.69) is 16.6 Å². The Labute approximate surface area is 361 Å². The molecule has 0 bridgehead atoms. The zero-order valence-electron chi connectivity index (χ0n) is 34.9. The number of rotatable bonds is 13. The molecule has 1 aromatic heterocycles. The van der Waals surface area contributed by atoms with E-state index in [1.54, 1.807) is 13.2 Å². The fraction of sp³-hybridized carbons (Fsp3) is 0.413. The fourth-order valence-electron chi connectivity index (χ4n) is 8.35. The first-order chi connectivity index (χ1) is 29.0. The first-order valence-corrected chi connectivity index (χ1v) is 22.5. The number of likely N-dealkylation sites (tertiary alicyclic amines) is 2. The minimum absolute atomic E-state index is 0.00290. The summed E-state index contributed by atoms with van der Waals surface area (Å²) in [4.78, 5) is 65.3. The van der Waals surface area contributed by atoms with Gasteiger partial charge in [-0.1, -0.05) is 68.8 Å². The van der Waals surface area contributed by atoms with Crippen LogP contribution in [-0.4, -0.2) is 91.3 Å². The van der Waals surface area contributed by atoms with E-state index >= 15 is 0 Å². The maximum Gasteiger partial charge on any atom is 0.264 e. The van der Waals surface area contributed by atoms with E-state index in [1.165, 1.54) is 35.2 Å². The average Bonchev–Trinajstić information content (AvgIpc) is 3.81. The largest absolute Gasteiger partial charge is 0.497 e. The van der Waals surface area contributed by atoms with Gasteiger partial charge in [-0.25, -0.2) is 18.1 Å². The molecule has 0 radical (unpaired) electrons. The van der Waals surface area contributed by atoms with E-state index in [-0.39, 0.29) is 36.6 Å². The number of hydrogen-bond acceptors (Lipinski definition) is 9. The topological polar surface area (TPSA) is 164 Å². The van der Waals surface area contributed by atoms with Gasteiger partial charge in [0.15, 0.2) is 0 Å². The highest BCUT2D eigenvalue weighted by Gasteiger charge is 2.61. The van der Waals surface area contributed by atoms with Crippen molar-refractivity contribution in [1.82, 2.24) is 24.8 Å². The van der Waals surface area contributed by atoms with Crippen molar-refractivity contribution in [2.45, 2.75) is 81.9 Å². The highest BCUT2D eigenvalue weighted by atomic mass is 35.5. The number of nitrogens with one attached hydrogen (secondary N) is 2. The van der Waals surface area contributed by atoms with Crippen LogP contribution in [0.5, 0.6) is 11.5 Å². The van der Waals surface area contributed by atoms with Gasteiger partial charge in [-0.15, -0.1) is 6.58 Å². The van der Waals surface area contributed by atoms with Gasteiger partial charge in [0.2, 0.25) is 17.7 Å². The number of ether oxygens (including phenoxy) is 2. The molecule has 0 unspecified atom stereocenters. The molecule has 1 aliphatic carbocycles. The number of fused-ring (bicyclic) bond motifs is 1. The number of amides is 4. The molecule has 3 heterocycles. The van der Waals surface area contributed by atoms with Gasteiger partial charge in [0.1, 0.15) is 29.2 Å². The van der Waals surface area contributed by atoms with Crippen LogP contribution in [0.1, 0.15) is 59.3 Å². The molecular formula is C46H52ClN5O8S. The van der Waals surface area contributed by atoms with Gasteiger partial charge in [0, 0.05) is 60.0 Å². The number of carbonyl (C=O) groups is 4. The molecule has 2 saturated heterocycles. The molecule has 1 saturated carbocycles. The molecule has 2 aliphatic heterocycles. The first kappa shape index (κ1) is 43.6. The molecule has 15 heteroatoms. The summed E-state index contributed by atoms with van der Waals surface area (Å²) >= 11 is 5.97. The molecule has 2 N–H and O–H groups in total. The van der Waals surface area contributed by atoms with Gasteiger partial charge in [-0.3, -0.25) is 19.2 Å². The molecular weight excluding hydrogens is 818 g/mol. The van der Waals surface area contributed by atoms with E-state index in [0.717, 1.165) is 24.8 Å². The number of halogens is 1. The van der Waals surface area contributed by atoms with Gasteiger partial charge in [-0.2, -0.15) is 0 Å². The van der Waals surface area contributed by atoms with E-state index in [1.807, 2.05) is 74.2 Å². The third-order valence-electron chi connectivity index (χ3n) is 12.0. The Morgan fingerprint density at radius 3 is 2.34 bits per heavy atom. The Hall–Kier alpha value is -5.47. The van der Waals surface area contributed by atoms with Crippen molar-refractivity contribution in [1.29, 1.82) is 0 Å². The average molecular weight is 870 g/mol. The van der Waals surface area contributed by atoms with Crippen LogP contribution in [-0.2, 0) is 29.2 Å². The van der Waals surface area contributed by atoms with Crippen molar-refractivity contribution < 1.29 is 37.1 Å². The van der Waals surface area contributed by atoms with Gasteiger partial charge in [-0.05, 0) is 67.5 Å². The van der Waals surface area contributed by atoms with Gasteiger partial charge < -0.3 is 24.6 Å². The normalized spacial score (nSPS) is 22.0. The lowest BCUT2D eigenvalue weighted by atomic mass is 9.77. The number of nitrogens with zero attached hydrogens (tertiary/aromatic N) is 3. The molecule has 13 nitrogen and oxygen atoms in total. The summed E-state index contributed by atoms with van der Waals surface area (Å²) in [7, 11) is -2.77. The van der Waals surface area contributed by atoms with Gasteiger partial charge in [0.25, 0.3) is 15.9 Å². The molecule has 3 fully saturated rings. The van der Waals surface area contributed by atoms with Crippen LogP contribution in [0, 0.1) is 17.3 Å². The van der Waals surface area contributed by atoms with Crippen LogP contribution >= 0.6 is 11.6 Å². The zero-order chi connectivity index (χ0) is 43.7. The maximum atomic E-state index is 15.0. The Bertz CT molecular complexity index is 2440. The molecule has 3 aliphatic rings. The molecule has 61 heavy (non-hydrogen) atoms. The Kier molecular flexibility index (Phi) is 12.5. The number of aromatic nitrogens is 1. The fourth-order valence-corrected chi connectivity index (χ4v) is 9.51. The van der Waals surface area contributed by atoms with Crippen molar-refractivity contribution in [3.63, 3.8) is 0 Å². The van der Waals surface area contributed by atoms with Crippen LogP contribution in [0.15, 0.2) is 96.4 Å². The van der Waals surface area contributed by atoms with E-state index in [9.17, 15) is 27.6 Å². The second-order valence-corrected chi connectivity index (χ2v) is 19.3. The minimum atomic E-state index is -4.35. The summed E-state index contributed by atoms with van der Waals surface area (Å²) in [5, 5.41) is 3.86. The number of methoxy groups -OCH3 is 1. The molecule has 4 amide bonds. The third-order valence-corrected chi connectivity index (χ3v) is 13.6. The lowest BCUT2D eigenvalue weighted by Crippen LogP contribution is -2.57. The molecule has 5 atom stereocenters. The van der Waals surface area contributed by atoms with Crippen LogP contribution in [0.4, 0.5) is 0 Å². The highest BCUT2D eigenvalue weighted by molar-refractivity contribution is 7.90. The predicted octanol–water partition coefficient (Wildman–Crippen LogP) is 6.54. The Morgan fingerprint density at radius 1 is 1.00 bits per heavy atom. The zero-order valence-corrected chi connectivity index (χ0v) is 36.4. The third kappa shape index (κ3) is 9.40. The van der Waals surface area contributed by atoms with E-state index < -0.39 is 62.7 Å². The number of hydrogen-bond donors (Lipinski definition) is 2. The summed E-state index contributed by atoms with van der Waals surface area (Å²) in [5.41, 5.74) is -0.205. The number of sulfonamides is 1. The number of piperidine rings is 1. The lowest BCUT2D eigenvalue weighted by molar-refractivity contribution is -0.148. The second-order valence-electron chi connectivity index (χ2n) is 17.2. The summed E-state index contributed by atoms with van der Waals surface area (Å²) < 4.78 is 41.0. The van der Waals surface area contributed by atoms with Crippen molar-refractivity contribution in [2.75, 3.05) is 26.7 Å². The Balaban J connectivity index is 1.21. The molecule has 3 aromatic carbocycles. The minimum Gasteiger partial charge on any atom is -0.497 e. The Morgan fingerprint density at radius 2 is 1.70 bits per heavy atom. The van der Waals surface area contributed by atoms with Crippen LogP contribution in [0.3, 0.4) is 0 Å². The van der Waals surface area contributed by atoms with Crippen molar-refractivity contribution in [3.8, 4) is 22.8 Å². The summed E-state index contributed by atoms with van der Waals surface area (Å²) in [6.45, 7) is 10.8. The van der Waals surface area contributed by atoms with Crippen molar-refractivity contribution in [2.24, 2.45) is 17.3 Å². The second kappa shape index (κ2) is 17.5. The summed E-state index contributed by atoms with van der Waals surface area (Å²) in [6, 6.07) is 21.1. The van der Waals surface area contributed by atoms with Crippen LogP contribution in [0.25, 0.3) is 22.2 Å². The number of benzene rings is 3. The van der Waals surface area contributed by atoms with E-state index in [0.29, 0.717) is 46.2 Å². The van der Waals surface area contributed by atoms with Crippen LogP contribution in [0.2, 0.25) is 5.02 Å². The molecule has 4 aromatic rings. The SMILES string of the molecule is C=C[C@@H]1C[C@]1(NC(=O)[C@@H]1C[C@@H](Oc2cc(-c3ccccc3)nc3cc(OC)ccc23)CN1C(=O)[C@@H](CC(=O)N1CCCCC1)C(C)(C)C)C(=O)NS(=O)(=O)c1ccc(Cl)cc1. The number of pyridine rings is 1. The number of carbonyl (C=O) groups excluding carboxylic acids is 4. The lowest BCUT2D eigenvalue weighted by Gasteiger charge is -2.36. The predicted molar refractivity (Wildman–Crippen MR) is 232 cm³/mol. The standard InChI is InChI=1S/C46H52ClN5O8S/c1-6-30-27-46(30,44(56)50-61(57,58)34-18-15-31(47)16-19-34)49-42(54)39-24-33(28-52(39)43(55)36(45(2,3)4)25-41(53)51-21-11-8-12-22-51)60-40-26-37(29-13-9-7-10-14-29)48-38-23-32(59-5)17-20-35(38)40/h6-7,9-10,13-20,23,26,30,33,36,39H,1,8,11-12,21-22,24-25,27-28H2,2-5H3,(H,49,54)(H,50,56)/t30-,33-,36-,39+,46-/m1/s1. The van der Waals surface area contributed by atoms with Crippen LogP contribution < -0.4 is 19.5 Å². The van der Waals surface area contributed by atoms with Crippen molar-refractivity contribution in [3.05, 3.63) is 96.5 Å². The molecule has 7 rings (SSSR count). The maximum absolute atomic E-state index is 15.0. The highest BCUT2D eigenvalue weighted by Crippen LogP contribution is 2.46.